The van der Waals surface area contributed by atoms with Crippen molar-refractivity contribution in [3.63, 3.8) is 0 Å². The fraction of sp³-hybridized carbons (Fsp3) is 0.778. The number of aliphatic carboxylic acids is 1. The minimum Gasteiger partial charge on any atom is -0.480 e. The Kier molecular flexibility index (Phi) is 4.39. The van der Waals surface area contributed by atoms with Crippen LogP contribution in [0.3, 0.4) is 0 Å². The Morgan fingerprint density at radius 2 is 2.14 bits per heavy atom. The van der Waals surface area contributed by atoms with Crippen molar-refractivity contribution in [1.29, 1.82) is 0 Å². The first kappa shape index (κ1) is 11.0. The summed E-state index contributed by atoms with van der Waals surface area (Å²) in [6, 6.07) is 0. The van der Waals surface area contributed by atoms with Gasteiger partial charge in [0.05, 0.1) is 6.61 Å². The van der Waals surface area contributed by atoms with Gasteiger partial charge in [-0.25, -0.2) is 0 Å². The lowest BCUT2D eigenvalue weighted by Crippen LogP contribution is -2.29. The predicted octanol–water partition coefficient (Wildman–Crippen LogP) is 0.00390. The normalized spacial score (nSPS) is 15.1. The third-order valence-electron chi connectivity index (χ3n) is 1.96. The summed E-state index contributed by atoms with van der Waals surface area (Å²) >= 11 is 0. The van der Waals surface area contributed by atoms with E-state index in [0.717, 1.165) is 6.61 Å². The number of ether oxygens (including phenoxy) is 1. The highest BCUT2D eigenvalue weighted by atomic mass is 16.5. The molecular weight excluding hydrogens is 186 g/mol. The number of carboxylic acids is 1. The van der Waals surface area contributed by atoms with Crippen molar-refractivity contribution in [2.45, 2.75) is 19.3 Å². The van der Waals surface area contributed by atoms with Gasteiger partial charge in [-0.05, 0) is 18.8 Å². The summed E-state index contributed by atoms with van der Waals surface area (Å²) in [5.74, 6) is -0.613. The van der Waals surface area contributed by atoms with E-state index in [-0.39, 0.29) is 18.9 Å². The molecule has 0 bridgehead atoms. The Balaban J connectivity index is 1.88. The van der Waals surface area contributed by atoms with E-state index in [4.69, 9.17) is 9.84 Å². The summed E-state index contributed by atoms with van der Waals surface area (Å²) in [5, 5.41) is 10.5. The van der Waals surface area contributed by atoms with Crippen LogP contribution in [0.1, 0.15) is 19.3 Å². The quantitative estimate of drug-likeness (QED) is 0.569. The summed E-state index contributed by atoms with van der Waals surface area (Å²) in [4.78, 5) is 21.0. The third-order valence-corrected chi connectivity index (χ3v) is 1.96. The number of hydrogen-bond donors (Lipinski definition) is 2. The molecule has 0 atom stereocenters. The van der Waals surface area contributed by atoms with Crippen molar-refractivity contribution in [1.82, 2.24) is 5.32 Å². The molecule has 1 amide bonds. The third kappa shape index (κ3) is 5.53. The highest BCUT2D eigenvalue weighted by Gasteiger charge is 2.21. The van der Waals surface area contributed by atoms with Crippen LogP contribution in [0.4, 0.5) is 0 Å². The van der Waals surface area contributed by atoms with Gasteiger partial charge in [0.2, 0.25) is 5.91 Å². The van der Waals surface area contributed by atoms with Crippen molar-refractivity contribution in [2.24, 2.45) is 5.92 Å². The van der Waals surface area contributed by atoms with Gasteiger partial charge in [0.15, 0.2) is 0 Å². The molecule has 0 aliphatic heterocycles. The van der Waals surface area contributed by atoms with Gasteiger partial charge in [0.25, 0.3) is 0 Å². The van der Waals surface area contributed by atoms with E-state index in [1.54, 1.807) is 0 Å². The molecule has 2 N–H and O–H groups in total. The van der Waals surface area contributed by atoms with Gasteiger partial charge in [0.1, 0.15) is 6.54 Å². The monoisotopic (exact) mass is 201 g/mol. The van der Waals surface area contributed by atoms with Crippen LogP contribution in [0, 0.1) is 5.92 Å². The number of rotatable bonds is 7. The number of carboxylic acid groups (broad SMARTS) is 1. The van der Waals surface area contributed by atoms with Gasteiger partial charge in [-0.2, -0.15) is 0 Å². The van der Waals surface area contributed by atoms with Crippen LogP contribution >= 0.6 is 0 Å². The van der Waals surface area contributed by atoms with Crippen LogP contribution < -0.4 is 5.32 Å². The maximum atomic E-state index is 11.0. The van der Waals surface area contributed by atoms with Gasteiger partial charge >= 0.3 is 5.97 Å². The van der Waals surface area contributed by atoms with E-state index >= 15 is 0 Å². The Morgan fingerprint density at radius 3 is 2.71 bits per heavy atom. The molecule has 0 radical (unpaired) electrons. The topological polar surface area (TPSA) is 75.6 Å². The Labute approximate surface area is 82.4 Å². The molecule has 1 rings (SSSR count). The standard InChI is InChI=1S/C9H15NO4/c11-8(10-5-9(12)13)3-4-14-6-7-1-2-7/h7H,1-6H2,(H,10,11)(H,12,13). The zero-order valence-electron chi connectivity index (χ0n) is 7.99. The Bertz CT molecular complexity index is 213. The van der Waals surface area contributed by atoms with E-state index in [1.165, 1.54) is 12.8 Å². The largest absolute Gasteiger partial charge is 0.480 e. The molecule has 0 heterocycles. The van der Waals surface area contributed by atoms with Crippen molar-refractivity contribution in [2.75, 3.05) is 19.8 Å². The average molecular weight is 201 g/mol. The Hall–Kier alpha value is -1.10. The highest BCUT2D eigenvalue weighted by Crippen LogP contribution is 2.28. The molecule has 1 fully saturated rings. The van der Waals surface area contributed by atoms with Gasteiger partial charge in [-0.1, -0.05) is 0 Å². The van der Waals surface area contributed by atoms with Crippen LogP contribution in [-0.2, 0) is 14.3 Å². The summed E-state index contributed by atoms with van der Waals surface area (Å²) in [7, 11) is 0. The first-order chi connectivity index (χ1) is 6.68. The summed E-state index contributed by atoms with van der Waals surface area (Å²) in [5.41, 5.74) is 0. The molecule has 0 unspecified atom stereocenters. The second-order valence-electron chi connectivity index (χ2n) is 3.44. The SMILES string of the molecule is O=C(O)CNC(=O)CCOCC1CC1. The number of nitrogens with one attached hydrogen (secondary N) is 1. The fourth-order valence-corrected chi connectivity index (χ4v) is 0.962. The lowest BCUT2D eigenvalue weighted by atomic mass is 10.4. The van der Waals surface area contributed by atoms with E-state index < -0.39 is 5.97 Å². The average Bonchev–Trinajstić information content (AvgIpc) is 2.92. The first-order valence-corrected chi connectivity index (χ1v) is 4.74. The molecule has 1 aliphatic carbocycles. The summed E-state index contributed by atoms with van der Waals surface area (Å²) in [6.45, 7) is 0.787. The van der Waals surface area contributed by atoms with Gasteiger partial charge in [-0.3, -0.25) is 9.59 Å². The molecule has 0 saturated heterocycles. The lowest BCUT2D eigenvalue weighted by molar-refractivity contribution is -0.138. The molecule has 1 saturated carbocycles. The zero-order valence-corrected chi connectivity index (χ0v) is 7.99. The number of carbonyl (C=O) groups is 2. The van der Waals surface area contributed by atoms with E-state index in [2.05, 4.69) is 5.32 Å². The molecular formula is C9H15NO4. The number of amides is 1. The Morgan fingerprint density at radius 1 is 1.43 bits per heavy atom. The van der Waals surface area contributed by atoms with Crippen molar-refractivity contribution >= 4 is 11.9 Å². The van der Waals surface area contributed by atoms with Crippen molar-refractivity contribution < 1.29 is 19.4 Å². The zero-order chi connectivity index (χ0) is 10.4. The second-order valence-corrected chi connectivity index (χ2v) is 3.44. The fourth-order valence-electron chi connectivity index (χ4n) is 0.962. The summed E-state index contributed by atoms with van der Waals surface area (Å²) < 4.78 is 5.23. The molecule has 1 aliphatic rings. The van der Waals surface area contributed by atoms with Gasteiger partial charge in [0, 0.05) is 13.0 Å². The summed E-state index contributed by atoms with van der Waals surface area (Å²) in [6.07, 6.45) is 2.69. The van der Waals surface area contributed by atoms with Crippen LogP contribution in [0.15, 0.2) is 0 Å². The van der Waals surface area contributed by atoms with Crippen molar-refractivity contribution in [3.8, 4) is 0 Å². The first-order valence-electron chi connectivity index (χ1n) is 4.74. The molecule has 0 aromatic carbocycles. The van der Waals surface area contributed by atoms with E-state index in [0.29, 0.717) is 12.5 Å². The minimum atomic E-state index is -1.03. The molecule has 0 aromatic rings. The van der Waals surface area contributed by atoms with Crippen LogP contribution in [-0.4, -0.2) is 36.7 Å². The number of hydrogen-bond acceptors (Lipinski definition) is 3. The van der Waals surface area contributed by atoms with Gasteiger partial charge < -0.3 is 15.2 Å². The smallest absolute Gasteiger partial charge is 0.322 e. The van der Waals surface area contributed by atoms with Crippen LogP contribution in [0.25, 0.3) is 0 Å². The molecule has 5 heteroatoms. The lowest BCUT2D eigenvalue weighted by Gasteiger charge is -2.03. The predicted molar refractivity (Wildman–Crippen MR) is 48.8 cm³/mol. The molecule has 14 heavy (non-hydrogen) atoms. The maximum absolute atomic E-state index is 11.0. The maximum Gasteiger partial charge on any atom is 0.322 e. The molecule has 0 aromatic heterocycles. The van der Waals surface area contributed by atoms with Crippen LogP contribution in [0.5, 0.6) is 0 Å². The van der Waals surface area contributed by atoms with Crippen molar-refractivity contribution in [3.05, 3.63) is 0 Å². The molecule has 80 valence electrons. The molecule has 5 nitrogen and oxygen atoms in total. The minimum absolute atomic E-state index is 0.236. The van der Waals surface area contributed by atoms with E-state index in [9.17, 15) is 9.59 Å². The molecule has 0 spiro atoms. The van der Waals surface area contributed by atoms with E-state index in [1.807, 2.05) is 0 Å². The second kappa shape index (κ2) is 5.59. The van der Waals surface area contributed by atoms with Crippen LogP contribution in [0.2, 0.25) is 0 Å². The highest BCUT2D eigenvalue weighted by molar-refractivity contribution is 5.81. The number of carbonyl (C=O) groups excluding carboxylic acids is 1. The van der Waals surface area contributed by atoms with Gasteiger partial charge in [-0.15, -0.1) is 0 Å².